The van der Waals surface area contributed by atoms with Crippen LogP contribution in [-0.2, 0) is 6.42 Å². The Morgan fingerprint density at radius 1 is 1.33 bits per heavy atom. The van der Waals surface area contributed by atoms with Crippen LogP contribution in [0.5, 0.6) is 5.75 Å². The Hall–Kier alpha value is -2.56. The van der Waals surface area contributed by atoms with Crippen LogP contribution in [0.1, 0.15) is 15.9 Å². The first kappa shape index (κ1) is 14.8. The maximum absolute atomic E-state index is 11.4. The number of pyridine rings is 1. The fraction of sp³-hybridized carbons (Fsp3) is 0.250. The van der Waals surface area contributed by atoms with Crippen LogP contribution in [0.4, 0.5) is 5.69 Å². The van der Waals surface area contributed by atoms with Crippen molar-refractivity contribution in [3.63, 3.8) is 0 Å². The van der Waals surface area contributed by atoms with Gasteiger partial charge in [-0.1, -0.05) is 18.2 Å². The summed E-state index contributed by atoms with van der Waals surface area (Å²) in [5.41, 5.74) is 7.72. The van der Waals surface area contributed by atoms with E-state index >= 15 is 0 Å². The lowest BCUT2D eigenvalue weighted by molar-refractivity contribution is 0.100. The van der Waals surface area contributed by atoms with Crippen molar-refractivity contribution in [2.24, 2.45) is 5.73 Å². The number of para-hydroxylation sites is 1. The van der Waals surface area contributed by atoms with E-state index in [1.54, 1.807) is 19.4 Å². The third kappa shape index (κ3) is 3.51. The first-order chi connectivity index (χ1) is 10.1. The van der Waals surface area contributed by atoms with Gasteiger partial charge in [0.25, 0.3) is 5.91 Å². The molecule has 5 heteroatoms. The second-order valence-electron chi connectivity index (χ2n) is 4.74. The summed E-state index contributed by atoms with van der Waals surface area (Å²) in [5.74, 6) is 0.401. The van der Waals surface area contributed by atoms with Crippen LogP contribution in [0, 0.1) is 0 Å². The van der Waals surface area contributed by atoms with Crippen molar-refractivity contribution < 1.29 is 9.53 Å². The highest BCUT2D eigenvalue weighted by Gasteiger charge is 2.12. The van der Waals surface area contributed by atoms with Crippen molar-refractivity contribution >= 4 is 11.6 Å². The fourth-order valence-electron chi connectivity index (χ4n) is 2.23. The Kier molecular flexibility index (Phi) is 4.77. The van der Waals surface area contributed by atoms with E-state index in [0.29, 0.717) is 5.56 Å². The van der Waals surface area contributed by atoms with Crippen LogP contribution >= 0.6 is 0 Å². The van der Waals surface area contributed by atoms with Crippen molar-refractivity contribution in [3.8, 4) is 5.75 Å². The predicted molar refractivity (Wildman–Crippen MR) is 82.7 cm³/mol. The van der Waals surface area contributed by atoms with Gasteiger partial charge in [-0.2, -0.15) is 0 Å². The lowest BCUT2D eigenvalue weighted by Crippen LogP contribution is -2.24. The summed E-state index contributed by atoms with van der Waals surface area (Å²) in [6, 6.07) is 9.70. The Morgan fingerprint density at radius 3 is 2.81 bits per heavy atom. The minimum Gasteiger partial charge on any atom is -0.496 e. The van der Waals surface area contributed by atoms with E-state index in [-0.39, 0.29) is 0 Å². The number of carbonyl (C=O) groups is 1. The fourth-order valence-corrected chi connectivity index (χ4v) is 2.23. The van der Waals surface area contributed by atoms with Gasteiger partial charge in [-0.15, -0.1) is 0 Å². The van der Waals surface area contributed by atoms with Crippen LogP contribution in [-0.4, -0.2) is 31.6 Å². The quantitative estimate of drug-likeness (QED) is 0.879. The molecule has 1 aromatic heterocycles. The van der Waals surface area contributed by atoms with Gasteiger partial charge in [-0.05, 0) is 24.1 Å². The van der Waals surface area contributed by atoms with Gasteiger partial charge in [0.2, 0.25) is 0 Å². The molecule has 2 rings (SSSR count). The number of likely N-dealkylation sites (N-methyl/N-ethyl adjacent to an activating group) is 1. The average Bonchev–Trinajstić information content (AvgIpc) is 2.52. The van der Waals surface area contributed by atoms with Crippen LogP contribution in [0.15, 0.2) is 42.7 Å². The monoisotopic (exact) mass is 285 g/mol. The highest BCUT2D eigenvalue weighted by molar-refractivity contribution is 5.98. The van der Waals surface area contributed by atoms with Gasteiger partial charge in [-0.25, -0.2) is 0 Å². The number of aromatic nitrogens is 1. The average molecular weight is 285 g/mol. The van der Waals surface area contributed by atoms with E-state index in [2.05, 4.69) is 4.98 Å². The van der Waals surface area contributed by atoms with Gasteiger partial charge in [0, 0.05) is 26.0 Å². The largest absolute Gasteiger partial charge is 0.496 e. The van der Waals surface area contributed by atoms with E-state index in [4.69, 9.17) is 10.5 Å². The number of methoxy groups -OCH3 is 1. The van der Waals surface area contributed by atoms with Crippen molar-refractivity contribution in [2.45, 2.75) is 6.42 Å². The summed E-state index contributed by atoms with van der Waals surface area (Å²) in [6.45, 7) is 0.741. The smallest absolute Gasteiger partial charge is 0.252 e. The molecule has 0 aliphatic rings. The molecule has 1 amide bonds. The van der Waals surface area contributed by atoms with Crippen LogP contribution in [0.3, 0.4) is 0 Å². The number of anilines is 1. The van der Waals surface area contributed by atoms with E-state index in [1.165, 1.54) is 6.20 Å². The molecular formula is C16H19N3O2. The van der Waals surface area contributed by atoms with E-state index < -0.39 is 5.91 Å². The molecule has 1 heterocycles. The predicted octanol–water partition coefficient (Wildman–Crippen LogP) is 1.87. The van der Waals surface area contributed by atoms with Crippen molar-refractivity contribution in [1.82, 2.24) is 4.98 Å². The molecule has 0 radical (unpaired) electrons. The number of benzene rings is 1. The minimum absolute atomic E-state index is 0.431. The number of hydrogen-bond donors (Lipinski definition) is 1. The molecule has 0 aliphatic heterocycles. The van der Waals surface area contributed by atoms with Crippen LogP contribution in [0.2, 0.25) is 0 Å². The lowest BCUT2D eigenvalue weighted by Gasteiger charge is -2.21. The number of ether oxygens (including phenoxy) is 1. The summed E-state index contributed by atoms with van der Waals surface area (Å²) >= 11 is 0. The third-order valence-corrected chi connectivity index (χ3v) is 3.38. The summed E-state index contributed by atoms with van der Waals surface area (Å²) < 4.78 is 5.34. The Balaban J connectivity index is 2.12. The third-order valence-electron chi connectivity index (χ3n) is 3.38. The maximum Gasteiger partial charge on any atom is 0.252 e. The number of nitrogens with zero attached hydrogens (tertiary/aromatic N) is 2. The molecule has 21 heavy (non-hydrogen) atoms. The molecule has 0 bridgehead atoms. The zero-order valence-electron chi connectivity index (χ0n) is 12.2. The number of nitrogens with two attached hydrogens (primary N) is 1. The van der Waals surface area contributed by atoms with Gasteiger partial charge >= 0.3 is 0 Å². The Bertz CT molecular complexity index is 628. The molecule has 110 valence electrons. The standard InChI is InChI=1S/C16H19N3O2/c1-19(14-7-9-18-11-13(14)16(17)20)10-8-12-5-3-4-6-15(12)21-2/h3-7,9,11H,8,10H2,1-2H3,(H2,17,20). The number of carbonyl (C=O) groups excluding carboxylic acids is 1. The van der Waals surface area contributed by atoms with Crippen molar-refractivity contribution in [3.05, 3.63) is 53.9 Å². The molecule has 0 fully saturated rings. The first-order valence-electron chi connectivity index (χ1n) is 6.70. The van der Waals surface area contributed by atoms with Gasteiger partial charge < -0.3 is 15.4 Å². The van der Waals surface area contributed by atoms with Gasteiger partial charge in [-0.3, -0.25) is 9.78 Å². The molecule has 2 aromatic rings. The molecule has 0 spiro atoms. The second-order valence-corrected chi connectivity index (χ2v) is 4.74. The Labute approximate surface area is 124 Å². The van der Waals surface area contributed by atoms with Crippen molar-refractivity contribution in [2.75, 3.05) is 25.6 Å². The maximum atomic E-state index is 11.4. The van der Waals surface area contributed by atoms with Gasteiger partial charge in [0.1, 0.15) is 5.75 Å². The summed E-state index contributed by atoms with van der Waals surface area (Å²) in [5, 5.41) is 0. The van der Waals surface area contributed by atoms with Gasteiger partial charge in [0.05, 0.1) is 18.4 Å². The zero-order chi connectivity index (χ0) is 15.2. The number of hydrogen-bond acceptors (Lipinski definition) is 4. The van der Waals surface area contributed by atoms with E-state index in [1.807, 2.05) is 36.2 Å². The molecule has 5 nitrogen and oxygen atoms in total. The molecule has 1 aromatic carbocycles. The zero-order valence-corrected chi connectivity index (χ0v) is 12.2. The number of primary amides is 1. The summed E-state index contributed by atoms with van der Waals surface area (Å²) in [7, 11) is 3.59. The van der Waals surface area contributed by atoms with Gasteiger partial charge in [0.15, 0.2) is 0 Å². The molecule has 0 aliphatic carbocycles. The summed E-state index contributed by atoms with van der Waals surface area (Å²) in [6.07, 6.45) is 3.96. The molecule has 2 N–H and O–H groups in total. The summed E-state index contributed by atoms with van der Waals surface area (Å²) in [4.78, 5) is 17.4. The van der Waals surface area contributed by atoms with E-state index in [0.717, 1.165) is 30.0 Å². The lowest BCUT2D eigenvalue weighted by atomic mass is 10.1. The number of rotatable bonds is 6. The first-order valence-corrected chi connectivity index (χ1v) is 6.70. The second kappa shape index (κ2) is 6.74. The SMILES string of the molecule is COc1ccccc1CCN(C)c1ccncc1C(N)=O. The molecular weight excluding hydrogens is 266 g/mol. The van der Waals surface area contributed by atoms with E-state index in [9.17, 15) is 4.79 Å². The number of amides is 1. The minimum atomic E-state index is -0.470. The molecule has 0 saturated heterocycles. The molecule has 0 saturated carbocycles. The normalized spacial score (nSPS) is 10.2. The highest BCUT2D eigenvalue weighted by atomic mass is 16.5. The van der Waals surface area contributed by atoms with Crippen LogP contribution in [0.25, 0.3) is 0 Å². The topological polar surface area (TPSA) is 68.4 Å². The Morgan fingerprint density at radius 2 is 2.10 bits per heavy atom. The van der Waals surface area contributed by atoms with Crippen LogP contribution < -0.4 is 15.4 Å². The molecule has 0 atom stereocenters. The molecule has 0 unspecified atom stereocenters. The highest BCUT2D eigenvalue weighted by Crippen LogP contribution is 2.21. The van der Waals surface area contributed by atoms with Crippen molar-refractivity contribution in [1.29, 1.82) is 0 Å².